The minimum atomic E-state index is -0.532. The van der Waals surface area contributed by atoms with Crippen molar-refractivity contribution in [2.24, 2.45) is 0 Å². The molecule has 0 fully saturated rings. The molecule has 4 aromatic rings. The summed E-state index contributed by atoms with van der Waals surface area (Å²) in [4.78, 5) is 29.4. The zero-order chi connectivity index (χ0) is 22.5. The maximum Gasteiger partial charge on any atom is 0.293 e. The average molecular weight is 432 g/mol. The van der Waals surface area contributed by atoms with E-state index in [1.807, 2.05) is 42.5 Å². The normalized spacial score (nSPS) is 10.7. The molecule has 0 aliphatic carbocycles. The lowest BCUT2D eigenvalue weighted by atomic mass is 10.1. The summed E-state index contributed by atoms with van der Waals surface area (Å²) in [5.41, 5.74) is 1.87. The maximum absolute atomic E-state index is 11.9. The quantitative estimate of drug-likeness (QED) is 0.319. The van der Waals surface area contributed by atoms with E-state index < -0.39 is 10.5 Å². The predicted octanol–water partition coefficient (Wildman–Crippen LogP) is 4.03. The first-order valence-electron chi connectivity index (χ1n) is 9.78. The van der Waals surface area contributed by atoms with Crippen LogP contribution >= 0.6 is 0 Å². The van der Waals surface area contributed by atoms with Gasteiger partial charge in [0.25, 0.3) is 11.2 Å². The van der Waals surface area contributed by atoms with Crippen molar-refractivity contribution in [2.75, 3.05) is 12.4 Å². The first kappa shape index (κ1) is 20.9. The Labute approximate surface area is 182 Å². The van der Waals surface area contributed by atoms with Crippen LogP contribution in [0.15, 0.2) is 71.8 Å². The van der Waals surface area contributed by atoms with E-state index in [1.165, 1.54) is 18.5 Å². The zero-order valence-electron chi connectivity index (χ0n) is 17.2. The predicted molar refractivity (Wildman–Crippen MR) is 120 cm³/mol. The third-order valence-electron chi connectivity index (χ3n) is 4.90. The number of nitro benzene ring substituents is 1. The van der Waals surface area contributed by atoms with E-state index in [9.17, 15) is 14.9 Å². The van der Waals surface area contributed by atoms with Crippen LogP contribution in [0.5, 0.6) is 11.5 Å². The average Bonchev–Trinajstić information content (AvgIpc) is 2.82. The van der Waals surface area contributed by atoms with Crippen molar-refractivity contribution in [3.63, 3.8) is 0 Å². The van der Waals surface area contributed by atoms with Gasteiger partial charge in [0, 0.05) is 12.6 Å². The van der Waals surface area contributed by atoms with Gasteiger partial charge in [-0.2, -0.15) is 0 Å². The van der Waals surface area contributed by atoms with Crippen LogP contribution in [0, 0.1) is 10.1 Å². The molecule has 0 radical (unpaired) electrons. The molecule has 9 nitrogen and oxygen atoms in total. The van der Waals surface area contributed by atoms with Crippen LogP contribution in [0.25, 0.3) is 10.9 Å². The summed E-state index contributed by atoms with van der Waals surface area (Å²) in [5, 5.41) is 14.7. The summed E-state index contributed by atoms with van der Waals surface area (Å²) in [6, 6.07) is 18.0. The number of nitrogens with zero attached hydrogens (tertiary/aromatic N) is 2. The number of hydrogen-bond acceptors (Lipinski definition) is 7. The van der Waals surface area contributed by atoms with Gasteiger partial charge >= 0.3 is 0 Å². The smallest absolute Gasteiger partial charge is 0.293 e. The van der Waals surface area contributed by atoms with Crippen LogP contribution in [-0.2, 0) is 13.2 Å². The number of nitro groups is 1. The third kappa shape index (κ3) is 4.51. The lowest BCUT2D eigenvalue weighted by Crippen LogP contribution is -2.09. The number of hydrogen-bond donors (Lipinski definition) is 2. The molecule has 1 aromatic heterocycles. The van der Waals surface area contributed by atoms with Gasteiger partial charge in [0.1, 0.15) is 12.3 Å². The second-order valence-electron chi connectivity index (χ2n) is 6.99. The monoisotopic (exact) mass is 432 g/mol. The summed E-state index contributed by atoms with van der Waals surface area (Å²) < 4.78 is 11.3. The molecule has 1 heterocycles. The fourth-order valence-electron chi connectivity index (χ4n) is 3.27. The van der Waals surface area contributed by atoms with E-state index in [2.05, 4.69) is 15.3 Å². The minimum Gasteiger partial charge on any atom is -0.493 e. The topological polar surface area (TPSA) is 119 Å². The zero-order valence-corrected chi connectivity index (χ0v) is 17.2. The number of ether oxygens (including phenoxy) is 2. The summed E-state index contributed by atoms with van der Waals surface area (Å²) >= 11 is 0. The van der Waals surface area contributed by atoms with Gasteiger partial charge < -0.3 is 19.8 Å². The van der Waals surface area contributed by atoms with Crippen molar-refractivity contribution in [3.05, 3.63) is 98.6 Å². The Balaban J connectivity index is 1.53. The molecule has 0 saturated carbocycles. The number of nitrogens with one attached hydrogen (secondary N) is 2. The Kier molecular flexibility index (Phi) is 5.98. The number of H-pyrrole nitrogens is 1. The highest BCUT2D eigenvalue weighted by molar-refractivity contribution is 5.86. The highest BCUT2D eigenvalue weighted by Crippen LogP contribution is 2.31. The van der Waals surface area contributed by atoms with Crippen molar-refractivity contribution in [3.8, 4) is 11.5 Å². The van der Waals surface area contributed by atoms with Gasteiger partial charge in [0.15, 0.2) is 11.5 Å². The second kappa shape index (κ2) is 9.17. The summed E-state index contributed by atoms with van der Waals surface area (Å²) in [6.07, 6.45) is 1.26. The Morgan fingerprint density at radius 3 is 2.62 bits per heavy atom. The number of fused-ring (bicyclic) bond motifs is 1. The van der Waals surface area contributed by atoms with E-state index >= 15 is 0 Å². The number of methoxy groups -OCH3 is 1. The van der Waals surface area contributed by atoms with E-state index in [4.69, 9.17) is 9.47 Å². The molecule has 0 saturated heterocycles. The molecule has 0 bridgehead atoms. The highest BCUT2D eigenvalue weighted by atomic mass is 16.6. The minimum absolute atomic E-state index is 0.159. The van der Waals surface area contributed by atoms with E-state index in [1.54, 1.807) is 13.2 Å². The Hall–Kier alpha value is -4.40. The molecule has 162 valence electrons. The van der Waals surface area contributed by atoms with Gasteiger partial charge in [-0.3, -0.25) is 14.9 Å². The SMILES string of the molecule is COc1cc(CNc2cc3nc[nH]c(=O)c3cc2[N+](=O)[O-])ccc1OCc1ccccc1. The highest BCUT2D eigenvalue weighted by Gasteiger charge is 2.17. The molecule has 9 heteroatoms. The van der Waals surface area contributed by atoms with E-state index in [-0.39, 0.29) is 16.8 Å². The van der Waals surface area contributed by atoms with Gasteiger partial charge in [-0.05, 0) is 29.3 Å². The maximum atomic E-state index is 11.9. The van der Waals surface area contributed by atoms with Gasteiger partial charge in [0.2, 0.25) is 0 Å². The summed E-state index contributed by atoms with van der Waals surface area (Å²) in [7, 11) is 1.55. The molecular weight excluding hydrogens is 412 g/mol. The Bertz CT molecular complexity index is 1320. The van der Waals surface area contributed by atoms with E-state index in [0.717, 1.165) is 11.1 Å². The first-order chi connectivity index (χ1) is 15.5. The van der Waals surface area contributed by atoms with Crippen molar-refractivity contribution in [1.29, 1.82) is 0 Å². The molecule has 4 rings (SSSR count). The third-order valence-corrected chi connectivity index (χ3v) is 4.90. The summed E-state index contributed by atoms with van der Waals surface area (Å²) in [5.74, 6) is 1.15. The molecule has 0 amide bonds. The van der Waals surface area contributed by atoms with Crippen LogP contribution in [0.1, 0.15) is 11.1 Å². The van der Waals surface area contributed by atoms with Crippen LogP contribution in [0.4, 0.5) is 11.4 Å². The number of rotatable bonds is 8. The number of aromatic nitrogens is 2. The second-order valence-corrected chi connectivity index (χ2v) is 6.99. The van der Waals surface area contributed by atoms with Gasteiger partial charge in [-0.1, -0.05) is 36.4 Å². The number of aromatic amines is 1. The van der Waals surface area contributed by atoms with Crippen LogP contribution in [-0.4, -0.2) is 22.0 Å². The molecule has 0 spiro atoms. The molecule has 2 N–H and O–H groups in total. The van der Waals surface area contributed by atoms with Gasteiger partial charge in [0.05, 0.1) is 29.3 Å². The lowest BCUT2D eigenvalue weighted by Gasteiger charge is -2.13. The lowest BCUT2D eigenvalue weighted by molar-refractivity contribution is -0.383. The Morgan fingerprint density at radius 2 is 1.88 bits per heavy atom. The largest absolute Gasteiger partial charge is 0.493 e. The molecule has 0 atom stereocenters. The van der Waals surface area contributed by atoms with Crippen LogP contribution in [0.3, 0.4) is 0 Å². The molecular formula is C23H20N4O5. The van der Waals surface area contributed by atoms with Crippen molar-refractivity contribution < 1.29 is 14.4 Å². The van der Waals surface area contributed by atoms with Crippen LogP contribution in [0.2, 0.25) is 0 Å². The van der Waals surface area contributed by atoms with Crippen molar-refractivity contribution in [2.45, 2.75) is 13.2 Å². The van der Waals surface area contributed by atoms with E-state index in [0.29, 0.717) is 30.2 Å². The standard InChI is InChI=1S/C23H20N4O5/c1-31-22-9-16(7-8-21(22)32-13-15-5-3-2-4-6-15)12-24-19-11-18-17(10-20(19)27(29)30)23(28)26-14-25-18/h2-11,14,24H,12-13H2,1H3,(H,25,26,28). The van der Waals surface area contributed by atoms with Gasteiger partial charge in [-0.15, -0.1) is 0 Å². The number of anilines is 1. The van der Waals surface area contributed by atoms with Crippen molar-refractivity contribution >= 4 is 22.3 Å². The summed E-state index contributed by atoms with van der Waals surface area (Å²) in [6.45, 7) is 0.703. The molecule has 0 unspecified atom stereocenters. The molecule has 3 aromatic carbocycles. The fourth-order valence-corrected chi connectivity index (χ4v) is 3.27. The first-order valence-corrected chi connectivity index (χ1v) is 9.78. The fraction of sp³-hybridized carbons (Fsp3) is 0.130. The number of benzene rings is 3. The van der Waals surface area contributed by atoms with Crippen molar-refractivity contribution in [1.82, 2.24) is 9.97 Å². The Morgan fingerprint density at radius 1 is 1.06 bits per heavy atom. The van der Waals surface area contributed by atoms with Crippen LogP contribution < -0.4 is 20.3 Å². The molecule has 0 aliphatic heterocycles. The van der Waals surface area contributed by atoms with Gasteiger partial charge in [-0.25, -0.2) is 4.98 Å². The molecule has 0 aliphatic rings. The molecule has 32 heavy (non-hydrogen) atoms.